The van der Waals surface area contributed by atoms with Gasteiger partial charge in [0.25, 0.3) is 0 Å². The summed E-state index contributed by atoms with van der Waals surface area (Å²) < 4.78 is 0. The van der Waals surface area contributed by atoms with E-state index in [2.05, 4.69) is 46.9 Å². The molecule has 1 atom stereocenters. The van der Waals surface area contributed by atoms with Crippen molar-refractivity contribution in [2.24, 2.45) is 5.41 Å². The summed E-state index contributed by atoms with van der Waals surface area (Å²) in [6, 6.07) is 1.30. The van der Waals surface area contributed by atoms with Gasteiger partial charge in [-0.25, -0.2) is 0 Å². The van der Waals surface area contributed by atoms with Gasteiger partial charge in [-0.1, -0.05) is 80.1 Å². The molecule has 0 spiro atoms. The third kappa shape index (κ3) is 7.11. The minimum Gasteiger partial charge on any atom is -0.311 e. The average Bonchev–Trinajstić information content (AvgIpc) is 2.44. The van der Waals surface area contributed by atoms with E-state index in [9.17, 15) is 0 Å². The molecule has 0 heterocycles. The molecular formula is C19H41N. The van der Waals surface area contributed by atoms with Gasteiger partial charge in [0.15, 0.2) is 0 Å². The van der Waals surface area contributed by atoms with Gasteiger partial charge in [-0.15, -0.1) is 0 Å². The lowest BCUT2D eigenvalue weighted by Gasteiger charge is -2.41. The molecule has 1 nitrogen and oxygen atoms in total. The first-order valence-corrected chi connectivity index (χ1v) is 9.32. The first kappa shape index (κ1) is 20.0. The fourth-order valence-electron chi connectivity index (χ4n) is 3.59. The summed E-state index contributed by atoms with van der Waals surface area (Å²) in [5.74, 6) is 0. The van der Waals surface area contributed by atoms with E-state index < -0.39 is 0 Å². The van der Waals surface area contributed by atoms with Crippen LogP contribution in [0.25, 0.3) is 0 Å². The van der Waals surface area contributed by atoms with Gasteiger partial charge in [-0.3, -0.25) is 0 Å². The Kier molecular flexibility index (Phi) is 11.6. The molecule has 122 valence electrons. The van der Waals surface area contributed by atoms with Crippen molar-refractivity contribution in [3.05, 3.63) is 0 Å². The Morgan fingerprint density at radius 3 is 1.70 bits per heavy atom. The zero-order chi connectivity index (χ0) is 15.4. The van der Waals surface area contributed by atoms with Crippen LogP contribution >= 0.6 is 0 Å². The molecule has 0 fully saturated rings. The van der Waals surface area contributed by atoms with Crippen molar-refractivity contribution in [2.45, 2.75) is 118 Å². The lowest BCUT2D eigenvalue weighted by molar-refractivity contribution is 0.144. The van der Waals surface area contributed by atoms with E-state index >= 15 is 0 Å². The van der Waals surface area contributed by atoms with E-state index in [0.717, 1.165) is 0 Å². The van der Waals surface area contributed by atoms with Crippen LogP contribution in [0.15, 0.2) is 0 Å². The number of nitrogens with one attached hydrogen (secondary N) is 1. The monoisotopic (exact) mass is 283 g/mol. The normalized spacial score (nSPS) is 13.9. The van der Waals surface area contributed by atoms with E-state index in [4.69, 9.17) is 0 Å². The van der Waals surface area contributed by atoms with E-state index in [1.165, 1.54) is 64.2 Å². The van der Waals surface area contributed by atoms with E-state index in [-0.39, 0.29) is 0 Å². The quantitative estimate of drug-likeness (QED) is 0.390. The van der Waals surface area contributed by atoms with Crippen LogP contribution in [0.5, 0.6) is 0 Å². The number of hydrogen-bond donors (Lipinski definition) is 1. The molecule has 0 saturated carbocycles. The Hall–Kier alpha value is -0.0400. The third-order valence-corrected chi connectivity index (χ3v) is 5.23. The van der Waals surface area contributed by atoms with Crippen LogP contribution in [-0.2, 0) is 0 Å². The van der Waals surface area contributed by atoms with Gasteiger partial charge in [-0.2, -0.15) is 0 Å². The zero-order valence-corrected chi connectivity index (χ0v) is 15.2. The van der Waals surface area contributed by atoms with E-state index in [1.807, 2.05) is 0 Å². The summed E-state index contributed by atoms with van der Waals surface area (Å²) in [4.78, 5) is 0. The van der Waals surface area contributed by atoms with Crippen molar-refractivity contribution in [3.63, 3.8) is 0 Å². The highest BCUT2D eigenvalue weighted by atomic mass is 15.0. The molecule has 0 aromatic rings. The van der Waals surface area contributed by atoms with Crippen molar-refractivity contribution in [1.82, 2.24) is 5.32 Å². The molecule has 0 radical (unpaired) electrons. The molecule has 0 rings (SSSR count). The standard InChI is InChI=1S/C19H41N/c1-7-11-12-13-14-15-16-18(20-17(5)6)19(8-2,9-3)10-4/h17-18,20H,7-16H2,1-6H3. The van der Waals surface area contributed by atoms with Crippen molar-refractivity contribution in [2.75, 3.05) is 0 Å². The minimum atomic E-state index is 0.508. The summed E-state index contributed by atoms with van der Waals surface area (Å²) in [5, 5.41) is 3.88. The van der Waals surface area contributed by atoms with Gasteiger partial charge >= 0.3 is 0 Å². The van der Waals surface area contributed by atoms with E-state index in [1.54, 1.807) is 0 Å². The molecule has 1 unspecified atom stereocenters. The topological polar surface area (TPSA) is 12.0 Å². The second-order valence-electron chi connectivity index (χ2n) is 6.85. The Morgan fingerprint density at radius 2 is 1.25 bits per heavy atom. The summed E-state index contributed by atoms with van der Waals surface area (Å²) in [6.07, 6.45) is 13.7. The van der Waals surface area contributed by atoms with E-state index in [0.29, 0.717) is 17.5 Å². The highest BCUT2D eigenvalue weighted by molar-refractivity contribution is 4.89. The smallest absolute Gasteiger partial charge is 0.0126 e. The molecular weight excluding hydrogens is 242 g/mol. The van der Waals surface area contributed by atoms with Crippen LogP contribution in [0, 0.1) is 5.41 Å². The van der Waals surface area contributed by atoms with Gasteiger partial charge in [0.1, 0.15) is 0 Å². The van der Waals surface area contributed by atoms with Crippen LogP contribution in [0.1, 0.15) is 106 Å². The van der Waals surface area contributed by atoms with Crippen molar-refractivity contribution in [3.8, 4) is 0 Å². The van der Waals surface area contributed by atoms with Crippen LogP contribution in [0.3, 0.4) is 0 Å². The number of hydrogen-bond acceptors (Lipinski definition) is 1. The molecule has 0 aliphatic heterocycles. The Morgan fingerprint density at radius 1 is 0.750 bits per heavy atom. The first-order chi connectivity index (χ1) is 9.56. The fourth-order valence-corrected chi connectivity index (χ4v) is 3.59. The molecule has 1 N–H and O–H groups in total. The Labute approximate surface area is 129 Å². The maximum atomic E-state index is 3.88. The molecule has 0 aliphatic carbocycles. The first-order valence-electron chi connectivity index (χ1n) is 9.32. The minimum absolute atomic E-state index is 0.508. The van der Waals surface area contributed by atoms with Crippen molar-refractivity contribution < 1.29 is 0 Å². The number of unbranched alkanes of at least 4 members (excludes halogenated alkanes) is 5. The highest BCUT2D eigenvalue weighted by Crippen LogP contribution is 2.37. The zero-order valence-electron chi connectivity index (χ0n) is 15.2. The molecule has 0 bridgehead atoms. The fraction of sp³-hybridized carbons (Fsp3) is 1.00. The van der Waals surface area contributed by atoms with Gasteiger partial charge in [0.05, 0.1) is 0 Å². The highest BCUT2D eigenvalue weighted by Gasteiger charge is 2.33. The molecule has 0 saturated heterocycles. The molecule has 0 amide bonds. The van der Waals surface area contributed by atoms with Gasteiger partial charge in [-0.05, 0) is 31.1 Å². The van der Waals surface area contributed by atoms with Crippen LogP contribution < -0.4 is 5.32 Å². The maximum absolute atomic E-state index is 3.88. The maximum Gasteiger partial charge on any atom is 0.0126 e. The predicted molar refractivity (Wildman–Crippen MR) is 93.4 cm³/mol. The average molecular weight is 284 g/mol. The predicted octanol–water partition coefficient (Wildman–Crippen LogP) is 6.32. The number of rotatable bonds is 13. The molecule has 1 heteroatoms. The van der Waals surface area contributed by atoms with Crippen molar-refractivity contribution in [1.29, 1.82) is 0 Å². The second kappa shape index (κ2) is 11.6. The Balaban J connectivity index is 4.33. The summed E-state index contributed by atoms with van der Waals surface area (Å²) in [6.45, 7) is 14.0. The SMILES string of the molecule is CCCCCCCCC(NC(C)C)C(CC)(CC)CC. The summed E-state index contributed by atoms with van der Waals surface area (Å²) >= 11 is 0. The summed E-state index contributed by atoms with van der Waals surface area (Å²) in [5.41, 5.74) is 0.508. The summed E-state index contributed by atoms with van der Waals surface area (Å²) in [7, 11) is 0. The Bertz CT molecular complexity index is 198. The van der Waals surface area contributed by atoms with Gasteiger partial charge < -0.3 is 5.32 Å². The molecule has 0 aromatic heterocycles. The lowest BCUT2D eigenvalue weighted by atomic mass is 9.71. The lowest BCUT2D eigenvalue weighted by Crippen LogP contribution is -2.47. The van der Waals surface area contributed by atoms with Crippen LogP contribution in [-0.4, -0.2) is 12.1 Å². The van der Waals surface area contributed by atoms with Gasteiger partial charge in [0, 0.05) is 12.1 Å². The van der Waals surface area contributed by atoms with Crippen molar-refractivity contribution >= 4 is 0 Å². The van der Waals surface area contributed by atoms with Gasteiger partial charge in [0.2, 0.25) is 0 Å². The van der Waals surface area contributed by atoms with Crippen LogP contribution in [0.2, 0.25) is 0 Å². The third-order valence-electron chi connectivity index (χ3n) is 5.23. The molecule has 0 aliphatic rings. The molecule has 0 aromatic carbocycles. The molecule has 20 heavy (non-hydrogen) atoms. The second-order valence-corrected chi connectivity index (χ2v) is 6.85. The van der Waals surface area contributed by atoms with Crippen LogP contribution in [0.4, 0.5) is 0 Å². The largest absolute Gasteiger partial charge is 0.311 e.